The molecule has 0 heterocycles. The Hall–Kier alpha value is -0.860. The first kappa shape index (κ1) is 13.2. The average Bonchev–Trinajstić information content (AvgIpc) is 2.15. The summed E-state index contributed by atoms with van der Waals surface area (Å²) < 4.78 is 0. The summed E-state index contributed by atoms with van der Waals surface area (Å²) in [5, 5.41) is 0. The van der Waals surface area contributed by atoms with Crippen LogP contribution in [0.1, 0.15) is 36.1 Å². The lowest BCUT2D eigenvalue weighted by atomic mass is 9.90. The van der Waals surface area contributed by atoms with Gasteiger partial charge in [0, 0.05) is 6.04 Å². The second-order valence-corrected chi connectivity index (χ2v) is 5.10. The number of hydrazine groups is 1. The fraction of sp³-hybridized carbons (Fsp3) is 0.571. The minimum Gasteiger partial charge on any atom is -0.271 e. The van der Waals surface area contributed by atoms with Crippen molar-refractivity contribution in [3.63, 3.8) is 0 Å². The third-order valence-electron chi connectivity index (χ3n) is 3.28. The van der Waals surface area contributed by atoms with Crippen molar-refractivity contribution in [3.05, 3.63) is 34.4 Å². The molecule has 90 valence electrons. The van der Waals surface area contributed by atoms with Crippen LogP contribution in [0, 0.1) is 26.7 Å². The zero-order valence-corrected chi connectivity index (χ0v) is 11.1. The highest BCUT2D eigenvalue weighted by Crippen LogP contribution is 2.19. The first-order valence-electron chi connectivity index (χ1n) is 5.98. The number of benzene rings is 1. The smallest absolute Gasteiger partial charge is 0.0274 e. The lowest BCUT2D eigenvalue weighted by Gasteiger charge is -2.22. The van der Waals surface area contributed by atoms with Crippen LogP contribution >= 0.6 is 0 Å². The number of nitrogens with two attached hydrogens (primary N) is 1. The minimum atomic E-state index is 0.347. The van der Waals surface area contributed by atoms with Crippen LogP contribution in [0.3, 0.4) is 0 Å². The van der Waals surface area contributed by atoms with Gasteiger partial charge in [-0.2, -0.15) is 0 Å². The minimum absolute atomic E-state index is 0.347. The van der Waals surface area contributed by atoms with Crippen LogP contribution in [0.5, 0.6) is 0 Å². The van der Waals surface area contributed by atoms with E-state index in [1.165, 1.54) is 22.3 Å². The third-order valence-corrected chi connectivity index (χ3v) is 3.28. The van der Waals surface area contributed by atoms with Crippen LogP contribution in [-0.4, -0.2) is 6.04 Å². The van der Waals surface area contributed by atoms with Gasteiger partial charge < -0.3 is 0 Å². The Balaban J connectivity index is 2.96. The molecule has 0 aliphatic rings. The topological polar surface area (TPSA) is 38.0 Å². The average molecular weight is 220 g/mol. The molecule has 0 aliphatic heterocycles. The summed E-state index contributed by atoms with van der Waals surface area (Å²) in [6.07, 6.45) is 1.01. The van der Waals surface area contributed by atoms with Gasteiger partial charge in [-0.25, -0.2) is 0 Å². The predicted molar refractivity (Wildman–Crippen MR) is 70.3 cm³/mol. The Bertz CT molecular complexity index is 333. The van der Waals surface area contributed by atoms with E-state index in [9.17, 15) is 0 Å². The van der Waals surface area contributed by atoms with Gasteiger partial charge in [-0.1, -0.05) is 31.5 Å². The van der Waals surface area contributed by atoms with E-state index in [2.05, 4.69) is 52.2 Å². The Labute approximate surface area is 99.2 Å². The third kappa shape index (κ3) is 3.06. The van der Waals surface area contributed by atoms with Crippen molar-refractivity contribution >= 4 is 0 Å². The van der Waals surface area contributed by atoms with Crippen molar-refractivity contribution in [1.82, 2.24) is 5.43 Å². The molecule has 16 heavy (non-hydrogen) atoms. The van der Waals surface area contributed by atoms with Crippen molar-refractivity contribution < 1.29 is 0 Å². The first-order valence-corrected chi connectivity index (χ1v) is 5.98. The summed E-state index contributed by atoms with van der Waals surface area (Å²) in [5.41, 5.74) is 8.43. The summed E-state index contributed by atoms with van der Waals surface area (Å²) in [4.78, 5) is 0. The molecule has 1 unspecified atom stereocenters. The van der Waals surface area contributed by atoms with Gasteiger partial charge >= 0.3 is 0 Å². The fourth-order valence-electron chi connectivity index (χ4n) is 2.24. The normalized spacial score (nSPS) is 13.2. The molecule has 0 aromatic heterocycles. The highest BCUT2D eigenvalue weighted by atomic mass is 15.2. The highest BCUT2D eigenvalue weighted by Gasteiger charge is 2.14. The highest BCUT2D eigenvalue weighted by molar-refractivity contribution is 5.38. The van der Waals surface area contributed by atoms with E-state index in [4.69, 9.17) is 5.84 Å². The van der Waals surface area contributed by atoms with Gasteiger partial charge in [0.15, 0.2) is 0 Å². The van der Waals surface area contributed by atoms with Gasteiger partial charge in [0.25, 0.3) is 0 Å². The van der Waals surface area contributed by atoms with Gasteiger partial charge in [0.2, 0.25) is 0 Å². The maximum atomic E-state index is 5.60. The molecule has 0 radical (unpaired) electrons. The second-order valence-electron chi connectivity index (χ2n) is 5.10. The largest absolute Gasteiger partial charge is 0.271 e. The Morgan fingerprint density at radius 3 is 2.00 bits per heavy atom. The Morgan fingerprint density at radius 1 is 1.12 bits per heavy atom. The summed E-state index contributed by atoms with van der Waals surface area (Å²) in [7, 11) is 0. The quantitative estimate of drug-likeness (QED) is 0.605. The Morgan fingerprint density at radius 2 is 1.62 bits per heavy atom. The van der Waals surface area contributed by atoms with E-state index in [-0.39, 0.29) is 0 Å². The lowest BCUT2D eigenvalue weighted by Crippen LogP contribution is -2.40. The first-order chi connectivity index (χ1) is 7.45. The van der Waals surface area contributed by atoms with E-state index in [0.717, 1.165) is 6.42 Å². The van der Waals surface area contributed by atoms with Crippen LogP contribution < -0.4 is 11.3 Å². The maximum Gasteiger partial charge on any atom is 0.0274 e. The zero-order valence-electron chi connectivity index (χ0n) is 11.1. The van der Waals surface area contributed by atoms with Gasteiger partial charge in [0.1, 0.15) is 0 Å². The van der Waals surface area contributed by atoms with Gasteiger partial charge in [-0.3, -0.25) is 11.3 Å². The van der Waals surface area contributed by atoms with Crippen molar-refractivity contribution in [3.8, 4) is 0 Å². The molecule has 2 nitrogen and oxygen atoms in total. The molecule has 0 saturated carbocycles. The van der Waals surface area contributed by atoms with Crippen LogP contribution in [0.25, 0.3) is 0 Å². The molecule has 0 saturated heterocycles. The molecule has 0 aliphatic carbocycles. The summed E-state index contributed by atoms with van der Waals surface area (Å²) >= 11 is 0. The van der Waals surface area contributed by atoms with Crippen LogP contribution in [0.4, 0.5) is 0 Å². The lowest BCUT2D eigenvalue weighted by molar-refractivity contribution is 0.403. The SMILES string of the molecule is Cc1cc(C)c(CC(NN)C(C)C)c(C)c1. The standard InChI is InChI=1S/C14H24N2/c1-9(2)14(16-15)8-13-11(4)6-10(3)7-12(13)5/h6-7,9,14,16H,8,15H2,1-5H3. The van der Waals surface area contributed by atoms with Crippen LogP contribution in [-0.2, 0) is 6.42 Å². The molecule has 1 aromatic carbocycles. The van der Waals surface area contributed by atoms with E-state index in [1.807, 2.05) is 0 Å². The summed E-state index contributed by atoms with van der Waals surface area (Å²) in [5.74, 6) is 6.15. The van der Waals surface area contributed by atoms with E-state index in [1.54, 1.807) is 0 Å². The van der Waals surface area contributed by atoms with Crippen molar-refractivity contribution in [1.29, 1.82) is 0 Å². The molecular weight excluding hydrogens is 196 g/mol. The molecule has 0 amide bonds. The van der Waals surface area contributed by atoms with Crippen molar-refractivity contribution in [2.45, 2.75) is 47.1 Å². The second kappa shape index (κ2) is 5.46. The monoisotopic (exact) mass is 220 g/mol. The molecule has 3 N–H and O–H groups in total. The van der Waals surface area contributed by atoms with E-state index < -0.39 is 0 Å². The van der Waals surface area contributed by atoms with Crippen LogP contribution in [0.2, 0.25) is 0 Å². The van der Waals surface area contributed by atoms with Gasteiger partial charge in [0.05, 0.1) is 0 Å². The maximum absolute atomic E-state index is 5.60. The Kier molecular flexibility index (Phi) is 4.51. The number of hydrogen-bond acceptors (Lipinski definition) is 2. The molecule has 0 bridgehead atoms. The molecule has 1 rings (SSSR count). The number of aryl methyl sites for hydroxylation is 3. The number of nitrogens with one attached hydrogen (secondary N) is 1. The van der Waals surface area contributed by atoms with Crippen molar-refractivity contribution in [2.24, 2.45) is 11.8 Å². The van der Waals surface area contributed by atoms with Gasteiger partial charge in [-0.05, 0) is 49.8 Å². The number of rotatable bonds is 4. The van der Waals surface area contributed by atoms with E-state index in [0.29, 0.717) is 12.0 Å². The fourth-order valence-corrected chi connectivity index (χ4v) is 2.24. The molecule has 1 aromatic rings. The number of hydrogen-bond donors (Lipinski definition) is 2. The van der Waals surface area contributed by atoms with Crippen molar-refractivity contribution in [2.75, 3.05) is 0 Å². The predicted octanol–water partition coefficient (Wildman–Crippen LogP) is 2.64. The van der Waals surface area contributed by atoms with Crippen LogP contribution in [0.15, 0.2) is 12.1 Å². The molecule has 1 atom stereocenters. The summed E-state index contributed by atoms with van der Waals surface area (Å²) in [6, 6.07) is 4.84. The molecule has 0 fully saturated rings. The molecule has 0 spiro atoms. The van der Waals surface area contributed by atoms with Gasteiger partial charge in [-0.15, -0.1) is 0 Å². The molecule has 2 heteroatoms. The zero-order chi connectivity index (χ0) is 12.3. The molecular formula is C14H24N2. The van der Waals surface area contributed by atoms with E-state index >= 15 is 0 Å². The summed E-state index contributed by atoms with van der Waals surface area (Å²) in [6.45, 7) is 10.9.